The van der Waals surface area contributed by atoms with Crippen molar-refractivity contribution < 1.29 is 37.5 Å². The molecule has 0 bridgehead atoms. The van der Waals surface area contributed by atoms with Crippen LogP contribution < -0.4 is 33.2 Å². The molecule has 4 amide bonds. The first kappa shape index (κ1) is 42.4. The molecular weight excluding hydrogens is 621 g/mol. The van der Waals surface area contributed by atoms with Gasteiger partial charge in [0.15, 0.2) is 0 Å². The normalized spacial score (nSPS) is 12.3. The molecule has 2 aromatic rings. The summed E-state index contributed by atoms with van der Waals surface area (Å²) in [7, 11) is 0. The minimum atomic E-state index is -4.44. The van der Waals surface area contributed by atoms with Gasteiger partial charge >= 0.3 is 6.18 Å². The maximum Gasteiger partial charge on any atom is 0.416 e. The molecule has 0 unspecified atom stereocenters. The Kier molecular flexibility index (Phi) is 20.5. The summed E-state index contributed by atoms with van der Waals surface area (Å²) in [6, 6.07) is 8.52. The van der Waals surface area contributed by atoms with Crippen LogP contribution in [-0.2, 0) is 25.4 Å². The molecular formula is C31H45F3N8O5. The molecule has 260 valence electrons. The molecule has 0 aliphatic carbocycles. The lowest BCUT2D eigenvalue weighted by molar-refractivity contribution is -0.137. The average Bonchev–Trinajstić information content (AvgIpc) is 3.03. The van der Waals surface area contributed by atoms with Crippen molar-refractivity contribution in [3.8, 4) is 0 Å². The summed E-state index contributed by atoms with van der Waals surface area (Å²) < 4.78 is 37.2. The number of halogens is 3. The lowest BCUT2D eigenvalue weighted by atomic mass is 10.0. The molecule has 16 heteroatoms. The molecule has 0 saturated heterocycles. The predicted molar refractivity (Wildman–Crippen MR) is 176 cm³/mol. The number of nitrogens with zero attached hydrogens (tertiary/aromatic N) is 2. The average molecular weight is 667 g/mol. The largest absolute Gasteiger partial charge is 0.416 e. The molecule has 0 aliphatic heterocycles. The summed E-state index contributed by atoms with van der Waals surface area (Å²) in [6.07, 6.45) is -2.59. The van der Waals surface area contributed by atoms with Crippen LogP contribution >= 0.6 is 0 Å². The van der Waals surface area contributed by atoms with Gasteiger partial charge in [-0.25, -0.2) is 0 Å². The molecule has 0 saturated carbocycles. The second-order valence-corrected chi connectivity index (χ2v) is 9.96. The molecule has 0 aliphatic rings. The molecule has 13 nitrogen and oxygen atoms in total. The minimum absolute atomic E-state index is 0.0332. The van der Waals surface area contributed by atoms with Crippen molar-refractivity contribution in [1.29, 1.82) is 0 Å². The van der Waals surface area contributed by atoms with Crippen LogP contribution in [0.4, 0.5) is 24.5 Å². The number of carbonyl (C=O) groups excluding carboxylic acids is 4. The molecule has 2 aromatic carbocycles. The Morgan fingerprint density at radius 2 is 1.64 bits per heavy atom. The summed E-state index contributed by atoms with van der Waals surface area (Å²) in [6.45, 7) is 12.2. The van der Waals surface area contributed by atoms with Crippen LogP contribution in [-0.4, -0.2) is 86.2 Å². The van der Waals surface area contributed by atoms with Crippen LogP contribution in [0.1, 0.15) is 43.1 Å². The van der Waals surface area contributed by atoms with Gasteiger partial charge in [0.2, 0.25) is 24.6 Å². The summed E-state index contributed by atoms with van der Waals surface area (Å²) in [4.78, 5) is 48.5. The van der Waals surface area contributed by atoms with E-state index in [1.54, 1.807) is 36.1 Å². The number of nitrogens with one attached hydrogen (secondary N) is 3. The van der Waals surface area contributed by atoms with Gasteiger partial charge in [-0.1, -0.05) is 24.8 Å². The fourth-order valence-corrected chi connectivity index (χ4v) is 3.77. The number of benzene rings is 2. The van der Waals surface area contributed by atoms with Gasteiger partial charge in [-0.05, 0) is 56.5 Å². The Labute approximate surface area is 272 Å². The fourth-order valence-electron chi connectivity index (χ4n) is 3.77. The molecule has 0 heterocycles. The van der Waals surface area contributed by atoms with Crippen LogP contribution in [0.3, 0.4) is 0 Å². The minimum Gasteiger partial charge on any atom is -0.386 e. The summed E-state index contributed by atoms with van der Waals surface area (Å²) in [5.41, 5.74) is 18.0. The number of hydrogen-bond donors (Lipinski definition) is 7. The van der Waals surface area contributed by atoms with E-state index in [1.807, 2.05) is 0 Å². The number of anilines is 1. The first-order valence-electron chi connectivity index (χ1n) is 14.4. The fraction of sp³-hybridized carbons (Fsp3) is 0.387. The van der Waals surface area contributed by atoms with E-state index in [-0.39, 0.29) is 24.1 Å². The van der Waals surface area contributed by atoms with Crippen molar-refractivity contribution in [2.75, 3.05) is 38.0 Å². The number of nitrogens with two attached hydrogens (primary N) is 3. The number of aliphatic imine (C=N–C) groups is 1. The van der Waals surface area contributed by atoms with Gasteiger partial charge in [0.1, 0.15) is 0 Å². The van der Waals surface area contributed by atoms with E-state index in [1.165, 1.54) is 6.92 Å². The number of carbonyl (C=O) groups is 4. The molecule has 2 rings (SSSR count). The zero-order valence-electron chi connectivity index (χ0n) is 26.5. The van der Waals surface area contributed by atoms with Crippen LogP contribution in [0, 0.1) is 0 Å². The van der Waals surface area contributed by atoms with E-state index in [0.717, 1.165) is 41.2 Å². The lowest BCUT2D eigenvalue weighted by Crippen LogP contribution is -2.41. The summed E-state index contributed by atoms with van der Waals surface area (Å²) in [5, 5.41) is 17.1. The SMILES string of the molecule is C=Cc1cc(NC=O)ccc1N=C.C[C@@H](N)CC(=O)N(CCN)CCN.C[C@@H](NC(=O)CNC=O)[C@H](O)c1ccc(C(F)(F)F)cc1. The smallest absolute Gasteiger partial charge is 0.386 e. The van der Waals surface area contributed by atoms with Gasteiger partial charge in [-0.3, -0.25) is 24.2 Å². The van der Waals surface area contributed by atoms with Gasteiger partial charge in [-0.15, -0.1) is 0 Å². The Bertz CT molecular complexity index is 1270. The molecule has 3 atom stereocenters. The van der Waals surface area contributed by atoms with E-state index in [9.17, 15) is 37.5 Å². The second-order valence-electron chi connectivity index (χ2n) is 9.96. The van der Waals surface area contributed by atoms with Crippen LogP contribution in [0.25, 0.3) is 6.08 Å². The maximum atomic E-state index is 12.4. The molecule has 47 heavy (non-hydrogen) atoms. The van der Waals surface area contributed by atoms with Crippen LogP contribution in [0.2, 0.25) is 0 Å². The maximum absolute atomic E-state index is 12.4. The first-order chi connectivity index (χ1) is 22.2. The lowest BCUT2D eigenvalue weighted by Gasteiger charge is -2.21. The second kappa shape index (κ2) is 22.8. The number of aliphatic hydroxyl groups excluding tert-OH is 1. The third kappa shape index (κ3) is 17.0. The zero-order valence-corrected chi connectivity index (χ0v) is 26.5. The van der Waals surface area contributed by atoms with Crippen molar-refractivity contribution in [1.82, 2.24) is 15.5 Å². The van der Waals surface area contributed by atoms with Gasteiger partial charge in [-0.2, -0.15) is 13.2 Å². The summed E-state index contributed by atoms with van der Waals surface area (Å²) >= 11 is 0. The topological polar surface area (TPSA) is 218 Å². The first-order valence-corrected chi connectivity index (χ1v) is 14.4. The zero-order chi connectivity index (χ0) is 36.0. The highest BCUT2D eigenvalue weighted by molar-refractivity contribution is 5.80. The quantitative estimate of drug-likeness (QED) is 0.103. The van der Waals surface area contributed by atoms with E-state index < -0.39 is 29.8 Å². The van der Waals surface area contributed by atoms with E-state index in [4.69, 9.17) is 17.2 Å². The molecule has 0 radical (unpaired) electrons. The van der Waals surface area contributed by atoms with E-state index in [0.29, 0.717) is 45.4 Å². The van der Waals surface area contributed by atoms with Gasteiger partial charge in [0.25, 0.3) is 0 Å². The van der Waals surface area contributed by atoms with Crippen LogP contribution in [0.5, 0.6) is 0 Å². The molecule has 0 fully saturated rings. The Morgan fingerprint density at radius 3 is 2.09 bits per heavy atom. The van der Waals surface area contributed by atoms with Crippen LogP contribution in [0.15, 0.2) is 54.0 Å². The van der Waals surface area contributed by atoms with Crippen molar-refractivity contribution in [3.05, 3.63) is 65.7 Å². The molecule has 0 aromatic heterocycles. The number of hydrogen-bond acceptors (Lipinski definition) is 9. The highest BCUT2D eigenvalue weighted by Gasteiger charge is 2.30. The van der Waals surface area contributed by atoms with E-state index in [2.05, 4.69) is 34.2 Å². The van der Waals surface area contributed by atoms with Gasteiger partial charge in [0, 0.05) is 49.9 Å². The Morgan fingerprint density at radius 1 is 1.04 bits per heavy atom. The monoisotopic (exact) mass is 666 g/mol. The number of alkyl halides is 3. The van der Waals surface area contributed by atoms with E-state index >= 15 is 0 Å². The Balaban J connectivity index is 0.000000710. The van der Waals surface area contributed by atoms with Gasteiger partial charge < -0.3 is 43.2 Å². The number of rotatable bonds is 16. The van der Waals surface area contributed by atoms with Crippen molar-refractivity contribution in [2.24, 2.45) is 22.2 Å². The Hall–Kier alpha value is -4.64. The highest BCUT2D eigenvalue weighted by Crippen LogP contribution is 2.30. The predicted octanol–water partition coefficient (Wildman–Crippen LogP) is 1.69. The number of amides is 4. The van der Waals surface area contributed by atoms with Gasteiger partial charge in [0.05, 0.1) is 29.9 Å². The third-order valence-electron chi connectivity index (χ3n) is 6.08. The summed E-state index contributed by atoms with van der Waals surface area (Å²) in [5.74, 6) is -0.480. The molecule has 10 N–H and O–H groups in total. The van der Waals surface area contributed by atoms with Crippen molar-refractivity contribution in [2.45, 2.75) is 44.6 Å². The standard InChI is InChI=1S/C13H15F3N2O3.C10H10N2O.C8H20N4O/c1-8(18-11(20)6-17-7-19)12(21)9-2-4-10(5-3-9)13(14,15)16;1-3-8-6-9(12-7-13)4-5-10(8)11-2;1-7(11)6-8(13)12(4-2-9)5-3-10/h2-5,7-8,12,21H,6H2,1H3,(H,17,19)(H,18,20);3-7H,1-2H2,(H,12,13);7H,2-6,9-11H2,1H3/t8-,12+;;7-/m1.1/s1. The molecule has 0 spiro atoms. The highest BCUT2D eigenvalue weighted by atomic mass is 19.4. The third-order valence-corrected chi connectivity index (χ3v) is 6.08. The van der Waals surface area contributed by atoms with Crippen molar-refractivity contribution in [3.63, 3.8) is 0 Å². The number of aliphatic hydroxyl groups is 1. The van der Waals surface area contributed by atoms with Crippen molar-refractivity contribution >= 4 is 48.8 Å².